The Hall–Kier alpha value is -1.88. The minimum Gasteiger partial charge on any atom is -0.443 e. The predicted molar refractivity (Wildman–Crippen MR) is 73.0 cm³/mol. The van der Waals surface area contributed by atoms with Crippen molar-refractivity contribution < 1.29 is 9.21 Å². The molecule has 1 amide bonds. The molecular formula is C14H17N3O2. The number of carbonyl (C=O) groups excluding carboxylic acids is 1. The molecule has 1 aromatic carbocycles. The summed E-state index contributed by atoms with van der Waals surface area (Å²) in [6.45, 7) is 1.78. The molecule has 5 heteroatoms. The van der Waals surface area contributed by atoms with Gasteiger partial charge in [-0.25, -0.2) is 4.98 Å². The molecule has 1 N–H and O–H groups in total. The highest BCUT2D eigenvalue weighted by Gasteiger charge is 2.24. The van der Waals surface area contributed by atoms with Crippen LogP contribution in [0.4, 0.5) is 5.69 Å². The Morgan fingerprint density at radius 1 is 1.53 bits per heavy atom. The lowest BCUT2D eigenvalue weighted by Crippen LogP contribution is -2.41. The Kier molecular flexibility index (Phi) is 3.21. The third-order valence-electron chi connectivity index (χ3n) is 3.68. The smallest absolute Gasteiger partial charge is 0.231 e. The molecule has 0 aliphatic carbocycles. The number of aromatic nitrogens is 1. The van der Waals surface area contributed by atoms with Crippen LogP contribution in [0.5, 0.6) is 0 Å². The first-order valence-corrected chi connectivity index (χ1v) is 6.57. The van der Waals surface area contributed by atoms with Crippen molar-refractivity contribution in [3.8, 4) is 0 Å². The molecule has 2 aromatic rings. The van der Waals surface area contributed by atoms with Crippen LogP contribution in [-0.4, -0.2) is 31.0 Å². The molecular weight excluding hydrogens is 242 g/mol. The summed E-state index contributed by atoms with van der Waals surface area (Å²) < 4.78 is 5.27. The average Bonchev–Trinajstić information content (AvgIpc) is 2.94. The van der Waals surface area contributed by atoms with Crippen molar-refractivity contribution in [3.63, 3.8) is 0 Å². The summed E-state index contributed by atoms with van der Waals surface area (Å²) >= 11 is 0. The second kappa shape index (κ2) is 5.01. The van der Waals surface area contributed by atoms with E-state index in [1.807, 2.05) is 25.2 Å². The van der Waals surface area contributed by atoms with Gasteiger partial charge in [-0.2, -0.15) is 0 Å². The van der Waals surface area contributed by atoms with Gasteiger partial charge in [0.05, 0.1) is 5.92 Å². The maximum Gasteiger partial charge on any atom is 0.231 e. The summed E-state index contributed by atoms with van der Waals surface area (Å²) in [6, 6.07) is 5.63. The first kappa shape index (κ1) is 12.2. The highest BCUT2D eigenvalue weighted by atomic mass is 16.3. The zero-order chi connectivity index (χ0) is 13.2. The van der Waals surface area contributed by atoms with Crippen LogP contribution in [0.1, 0.15) is 12.8 Å². The molecule has 0 saturated carbocycles. The second-order valence-electron chi connectivity index (χ2n) is 4.94. The molecule has 1 unspecified atom stereocenters. The molecule has 1 saturated heterocycles. The van der Waals surface area contributed by atoms with E-state index in [1.54, 1.807) is 4.90 Å². The maximum atomic E-state index is 12.4. The lowest BCUT2D eigenvalue weighted by molar-refractivity contribution is -0.122. The van der Waals surface area contributed by atoms with Gasteiger partial charge in [0.2, 0.25) is 5.91 Å². The van der Waals surface area contributed by atoms with E-state index in [0.717, 1.165) is 37.1 Å². The van der Waals surface area contributed by atoms with Gasteiger partial charge in [0.25, 0.3) is 0 Å². The number of hydrogen-bond acceptors (Lipinski definition) is 4. The van der Waals surface area contributed by atoms with E-state index in [4.69, 9.17) is 4.42 Å². The molecule has 3 rings (SSSR count). The summed E-state index contributed by atoms with van der Waals surface area (Å²) in [7, 11) is 1.81. The van der Waals surface area contributed by atoms with Gasteiger partial charge >= 0.3 is 0 Å². The number of amides is 1. The molecule has 0 radical (unpaired) electrons. The summed E-state index contributed by atoms with van der Waals surface area (Å²) in [5.41, 5.74) is 2.36. The van der Waals surface area contributed by atoms with Crippen molar-refractivity contribution in [2.75, 3.05) is 25.0 Å². The number of carbonyl (C=O) groups is 1. The first-order chi connectivity index (χ1) is 9.25. The average molecular weight is 259 g/mol. The fourth-order valence-corrected chi connectivity index (χ4v) is 2.52. The van der Waals surface area contributed by atoms with E-state index in [9.17, 15) is 4.79 Å². The number of anilines is 1. The molecule has 1 aliphatic heterocycles. The number of fused-ring (bicyclic) bond motifs is 1. The molecule has 2 heterocycles. The van der Waals surface area contributed by atoms with Crippen LogP contribution in [0.3, 0.4) is 0 Å². The SMILES string of the molecule is CN(C(=O)C1CCCNC1)c1ccc2ncoc2c1. The minimum atomic E-state index is 0.0733. The van der Waals surface area contributed by atoms with E-state index in [1.165, 1.54) is 6.39 Å². The van der Waals surface area contributed by atoms with Gasteiger partial charge in [-0.1, -0.05) is 0 Å². The highest BCUT2D eigenvalue weighted by Crippen LogP contribution is 2.23. The van der Waals surface area contributed by atoms with E-state index >= 15 is 0 Å². The Bertz CT molecular complexity index is 587. The Morgan fingerprint density at radius 2 is 2.42 bits per heavy atom. The van der Waals surface area contributed by atoms with Crippen LogP contribution >= 0.6 is 0 Å². The van der Waals surface area contributed by atoms with Gasteiger partial charge in [-0.3, -0.25) is 4.79 Å². The van der Waals surface area contributed by atoms with E-state index in [-0.39, 0.29) is 11.8 Å². The van der Waals surface area contributed by atoms with Crippen LogP contribution in [0, 0.1) is 5.92 Å². The molecule has 0 spiro atoms. The largest absolute Gasteiger partial charge is 0.443 e. The zero-order valence-corrected chi connectivity index (χ0v) is 10.9. The highest BCUT2D eigenvalue weighted by molar-refractivity contribution is 5.96. The lowest BCUT2D eigenvalue weighted by atomic mass is 9.98. The summed E-state index contributed by atoms with van der Waals surface area (Å²) in [5.74, 6) is 0.232. The molecule has 100 valence electrons. The number of hydrogen-bond donors (Lipinski definition) is 1. The monoisotopic (exact) mass is 259 g/mol. The van der Waals surface area contributed by atoms with Crippen LogP contribution < -0.4 is 10.2 Å². The first-order valence-electron chi connectivity index (χ1n) is 6.57. The van der Waals surface area contributed by atoms with Gasteiger partial charge < -0.3 is 14.6 Å². The fraction of sp³-hybridized carbons (Fsp3) is 0.429. The number of oxazole rings is 1. The van der Waals surface area contributed by atoms with Crippen LogP contribution in [0.2, 0.25) is 0 Å². The van der Waals surface area contributed by atoms with Crippen LogP contribution in [0.25, 0.3) is 11.1 Å². The molecule has 1 aliphatic rings. The number of nitrogens with zero attached hydrogens (tertiary/aromatic N) is 2. The standard InChI is InChI=1S/C14H17N3O2/c1-17(14(18)10-3-2-6-15-8-10)11-4-5-12-13(7-11)19-9-16-12/h4-5,7,9-10,15H,2-3,6,8H2,1H3. The molecule has 1 aromatic heterocycles. The van der Waals surface area contributed by atoms with Gasteiger partial charge in [-0.15, -0.1) is 0 Å². The molecule has 19 heavy (non-hydrogen) atoms. The normalized spacial score (nSPS) is 19.5. The van der Waals surface area contributed by atoms with Crippen molar-refractivity contribution in [1.29, 1.82) is 0 Å². The molecule has 1 atom stereocenters. The molecule has 0 bridgehead atoms. The van der Waals surface area contributed by atoms with Gasteiger partial charge in [0.1, 0.15) is 5.52 Å². The van der Waals surface area contributed by atoms with Crippen molar-refractivity contribution >= 4 is 22.7 Å². The van der Waals surface area contributed by atoms with Gasteiger partial charge in [0, 0.05) is 25.3 Å². The molecule has 1 fully saturated rings. The van der Waals surface area contributed by atoms with Crippen molar-refractivity contribution in [2.45, 2.75) is 12.8 Å². The van der Waals surface area contributed by atoms with E-state index < -0.39 is 0 Å². The van der Waals surface area contributed by atoms with E-state index in [0.29, 0.717) is 5.58 Å². The lowest BCUT2D eigenvalue weighted by Gasteiger charge is -2.27. The molecule has 5 nitrogen and oxygen atoms in total. The summed E-state index contributed by atoms with van der Waals surface area (Å²) in [6.07, 6.45) is 3.44. The van der Waals surface area contributed by atoms with Crippen molar-refractivity contribution in [3.05, 3.63) is 24.6 Å². The Labute approximate surface area is 111 Å². The third kappa shape index (κ3) is 2.33. The Morgan fingerprint density at radius 3 is 3.21 bits per heavy atom. The quantitative estimate of drug-likeness (QED) is 0.893. The fourth-order valence-electron chi connectivity index (χ4n) is 2.52. The minimum absolute atomic E-state index is 0.0733. The van der Waals surface area contributed by atoms with Crippen LogP contribution in [-0.2, 0) is 4.79 Å². The summed E-state index contributed by atoms with van der Waals surface area (Å²) in [5, 5.41) is 3.27. The number of benzene rings is 1. The predicted octanol–water partition coefficient (Wildman–Crippen LogP) is 1.79. The van der Waals surface area contributed by atoms with Gasteiger partial charge in [0.15, 0.2) is 12.0 Å². The maximum absolute atomic E-state index is 12.4. The van der Waals surface area contributed by atoms with Gasteiger partial charge in [-0.05, 0) is 31.5 Å². The number of nitrogens with one attached hydrogen (secondary N) is 1. The Balaban J connectivity index is 1.81. The third-order valence-corrected chi connectivity index (χ3v) is 3.68. The van der Waals surface area contributed by atoms with E-state index in [2.05, 4.69) is 10.3 Å². The van der Waals surface area contributed by atoms with Crippen molar-refractivity contribution in [2.24, 2.45) is 5.92 Å². The number of piperidine rings is 1. The zero-order valence-electron chi connectivity index (χ0n) is 10.9. The number of rotatable bonds is 2. The van der Waals surface area contributed by atoms with Crippen LogP contribution in [0.15, 0.2) is 29.0 Å². The topological polar surface area (TPSA) is 58.4 Å². The second-order valence-corrected chi connectivity index (χ2v) is 4.94. The van der Waals surface area contributed by atoms with Crippen molar-refractivity contribution in [1.82, 2.24) is 10.3 Å². The summed E-state index contributed by atoms with van der Waals surface area (Å²) in [4.78, 5) is 18.2.